The zero-order chi connectivity index (χ0) is 21.4. The maximum absolute atomic E-state index is 12.6. The molecule has 4 aromatic rings. The number of hydrogen-bond donors (Lipinski definition) is 1. The number of imidazole rings is 1. The summed E-state index contributed by atoms with van der Waals surface area (Å²) >= 11 is 1.57. The van der Waals surface area contributed by atoms with Crippen LogP contribution in [0.25, 0.3) is 26.4 Å². The van der Waals surface area contributed by atoms with Gasteiger partial charge in [-0.05, 0) is 49.6 Å². The molecule has 1 fully saturated rings. The molecule has 2 aromatic carbocycles. The van der Waals surface area contributed by atoms with Crippen molar-refractivity contribution in [2.75, 3.05) is 13.7 Å². The number of aromatic nitrogens is 2. The van der Waals surface area contributed by atoms with Crippen LogP contribution >= 0.6 is 11.3 Å². The van der Waals surface area contributed by atoms with Crippen molar-refractivity contribution in [2.24, 2.45) is 0 Å². The van der Waals surface area contributed by atoms with Crippen molar-refractivity contribution in [3.63, 3.8) is 0 Å². The van der Waals surface area contributed by atoms with Crippen LogP contribution in [0.2, 0.25) is 0 Å². The molecule has 1 aliphatic heterocycles. The second-order valence-electron chi connectivity index (χ2n) is 7.82. The Morgan fingerprint density at radius 2 is 2.00 bits per heavy atom. The molecule has 1 unspecified atom stereocenters. The third-order valence-electron chi connectivity index (χ3n) is 5.80. The molecule has 1 N–H and O–H groups in total. The molecule has 0 saturated carbocycles. The van der Waals surface area contributed by atoms with Crippen LogP contribution in [-0.4, -0.2) is 40.8 Å². The van der Waals surface area contributed by atoms with E-state index < -0.39 is 0 Å². The highest BCUT2D eigenvalue weighted by molar-refractivity contribution is 7.23. The maximum Gasteiger partial charge on any atom is 0.251 e. The van der Waals surface area contributed by atoms with Gasteiger partial charge in [-0.25, -0.2) is 4.98 Å². The monoisotopic (exact) mass is 433 g/mol. The first-order chi connectivity index (χ1) is 15.1. The van der Waals surface area contributed by atoms with Gasteiger partial charge in [0.15, 0.2) is 10.7 Å². The Morgan fingerprint density at radius 1 is 1.19 bits per heavy atom. The first kappa shape index (κ1) is 19.9. The van der Waals surface area contributed by atoms with Crippen molar-refractivity contribution in [1.29, 1.82) is 0 Å². The molecule has 1 atom stereocenters. The summed E-state index contributed by atoms with van der Waals surface area (Å²) in [5.74, 6) is 0.0600. The Kier molecular flexibility index (Phi) is 5.29. The summed E-state index contributed by atoms with van der Waals surface area (Å²) in [7, 11) is 1.62. The molecule has 1 saturated heterocycles. The predicted molar refractivity (Wildman–Crippen MR) is 122 cm³/mol. The highest BCUT2D eigenvalue weighted by Gasteiger charge is 2.18. The minimum absolute atomic E-state index is 0.107. The number of benzene rings is 2. The van der Waals surface area contributed by atoms with Gasteiger partial charge in [0.2, 0.25) is 0 Å². The number of hydrogen-bond acceptors (Lipinski definition) is 5. The van der Waals surface area contributed by atoms with Gasteiger partial charge in [0.05, 0.1) is 22.0 Å². The highest BCUT2D eigenvalue weighted by atomic mass is 32.1. The zero-order valence-corrected chi connectivity index (χ0v) is 18.1. The third-order valence-corrected chi connectivity index (χ3v) is 6.82. The number of rotatable bonds is 6. The van der Waals surface area contributed by atoms with Crippen molar-refractivity contribution >= 4 is 38.2 Å². The Bertz CT molecular complexity index is 1270. The first-order valence-corrected chi connectivity index (χ1v) is 11.3. The van der Waals surface area contributed by atoms with Gasteiger partial charge in [-0.2, -0.15) is 0 Å². The van der Waals surface area contributed by atoms with E-state index in [0.717, 1.165) is 57.9 Å². The largest absolute Gasteiger partial charge is 0.378 e. The maximum atomic E-state index is 12.6. The number of ether oxygens (including phenoxy) is 1. The second kappa shape index (κ2) is 8.24. The minimum atomic E-state index is -0.107. The average molecular weight is 434 g/mol. The van der Waals surface area contributed by atoms with Gasteiger partial charge in [0.25, 0.3) is 5.91 Å². The molecule has 158 valence electrons. The molecule has 6 nitrogen and oxygen atoms in total. The molecule has 1 aliphatic rings. The number of nitrogens with zero attached hydrogens (tertiary/aromatic N) is 2. The molecule has 0 aliphatic carbocycles. The van der Waals surface area contributed by atoms with Gasteiger partial charge in [0, 0.05) is 43.0 Å². The molecule has 0 radical (unpaired) electrons. The molecule has 7 heteroatoms. The van der Waals surface area contributed by atoms with Crippen molar-refractivity contribution in [3.8, 4) is 11.3 Å². The molecule has 0 bridgehead atoms. The summed E-state index contributed by atoms with van der Waals surface area (Å²) in [5, 5.41) is 2.63. The molecular formula is C24H23N3O3S. The summed E-state index contributed by atoms with van der Waals surface area (Å²) in [6.45, 7) is 0.819. The van der Waals surface area contributed by atoms with E-state index in [-0.39, 0.29) is 17.8 Å². The normalized spacial score (nSPS) is 16.2. The smallest absolute Gasteiger partial charge is 0.251 e. The van der Waals surface area contributed by atoms with Gasteiger partial charge < -0.3 is 10.1 Å². The molecule has 3 heterocycles. The standard InChI is InChI=1S/C24H23N3O3S/c1-25-23(29)16-6-4-15(5-7-16)19-14-27-20-10-8-17(13-22(20)31-24(27)26-19)21(28)11-9-18-3-2-12-30-18/h4-8,10,13-14,18H,2-3,9,11-12H2,1H3,(H,25,29). The first-order valence-electron chi connectivity index (χ1n) is 10.5. The van der Waals surface area contributed by atoms with Gasteiger partial charge in [0.1, 0.15) is 0 Å². The Hall–Kier alpha value is -3.03. The molecule has 1 amide bonds. The molecule has 5 rings (SSSR count). The number of thiazole rings is 1. The van der Waals surface area contributed by atoms with Crippen LogP contribution in [0.4, 0.5) is 0 Å². The molecule has 31 heavy (non-hydrogen) atoms. The number of Topliss-reactive ketones (excluding diaryl/α,β-unsaturated/α-hetero) is 1. The number of ketones is 1. The Balaban J connectivity index is 1.37. The summed E-state index contributed by atoms with van der Waals surface area (Å²) in [6.07, 6.45) is 5.72. The van der Waals surface area contributed by atoms with E-state index in [4.69, 9.17) is 9.72 Å². The SMILES string of the molecule is CNC(=O)c1ccc(-c2cn3c(n2)sc2cc(C(=O)CCC4CCCO4)ccc23)cc1. The summed E-state index contributed by atoms with van der Waals surface area (Å²) in [4.78, 5) is 30.0. The van der Waals surface area contributed by atoms with Gasteiger partial charge in [-0.1, -0.05) is 23.5 Å². The lowest BCUT2D eigenvalue weighted by Crippen LogP contribution is -2.17. The number of carbonyl (C=O) groups is 2. The van der Waals surface area contributed by atoms with Gasteiger partial charge >= 0.3 is 0 Å². The van der Waals surface area contributed by atoms with E-state index in [2.05, 4.69) is 9.72 Å². The fraction of sp³-hybridized carbons (Fsp3) is 0.292. The van der Waals surface area contributed by atoms with E-state index in [9.17, 15) is 9.59 Å². The van der Waals surface area contributed by atoms with Crippen LogP contribution in [-0.2, 0) is 4.74 Å². The molecule has 2 aromatic heterocycles. The topological polar surface area (TPSA) is 72.7 Å². The molecular weight excluding hydrogens is 410 g/mol. The van der Waals surface area contributed by atoms with Gasteiger partial charge in [-0.15, -0.1) is 0 Å². The third kappa shape index (κ3) is 3.86. The van der Waals surface area contributed by atoms with Crippen LogP contribution in [0, 0.1) is 0 Å². The number of amides is 1. The van der Waals surface area contributed by atoms with Crippen LogP contribution < -0.4 is 5.32 Å². The predicted octanol–water partition coefficient (Wildman–Crippen LogP) is 4.72. The van der Waals surface area contributed by atoms with Gasteiger partial charge in [-0.3, -0.25) is 14.0 Å². The summed E-state index contributed by atoms with van der Waals surface area (Å²) in [5.41, 5.74) is 4.22. The molecule has 0 spiro atoms. The Morgan fingerprint density at radius 3 is 2.74 bits per heavy atom. The fourth-order valence-corrected chi connectivity index (χ4v) is 5.11. The van der Waals surface area contributed by atoms with Crippen LogP contribution in [0.5, 0.6) is 0 Å². The van der Waals surface area contributed by atoms with E-state index in [1.807, 2.05) is 36.5 Å². The number of nitrogens with one attached hydrogen (secondary N) is 1. The van der Waals surface area contributed by atoms with Crippen molar-refractivity contribution in [3.05, 3.63) is 59.8 Å². The number of carbonyl (C=O) groups excluding carboxylic acids is 2. The van der Waals surface area contributed by atoms with E-state index in [1.165, 1.54) is 0 Å². The lowest BCUT2D eigenvalue weighted by Gasteiger charge is -2.08. The summed E-state index contributed by atoms with van der Waals surface area (Å²) < 4.78 is 8.74. The fourth-order valence-electron chi connectivity index (χ4n) is 4.06. The zero-order valence-electron chi connectivity index (χ0n) is 17.3. The van der Waals surface area contributed by atoms with Crippen molar-refractivity contribution < 1.29 is 14.3 Å². The van der Waals surface area contributed by atoms with E-state index >= 15 is 0 Å². The van der Waals surface area contributed by atoms with Crippen LogP contribution in [0.3, 0.4) is 0 Å². The lowest BCUT2D eigenvalue weighted by atomic mass is 10.0. The second-order valence-corrected chi connectivity index (χ2v) is 8.83. The quantitative estimate of drug-likeness (QED) is 0.447. The van der Waals surface area contributed by atoms with Crippen LogP contribution in [0.1, 0.15) is 46.4 Å². The van der Waals surface area contributed by atoms with Crippen molar-refractivity contribution in [2.45, 2.75) is 31.8 Å². The summed E-state index contributed by atoms with van der Waals surface area (Å²) in [6, 6.07) is 13.3. The van der Waals surface area contributed by atoms with E-state index in [0.29, 0.717) is 12.0 Å². The van der Waals surface area contributed by atoms with Crippen LogP contribution in [0.15, 0.2) is 48.7 Å². The number of fused-ring (bicyclic) bond motifs is 3. The van der Waals surface area contributed by atoms with Crippen molar-refractivity contribution in [1.82, 2.24) is 14.7 Å². The lowest BCUT2D eigenvalue weighted by molar-refractivity contribution is 0.0859. The average Bonchev–Trinajstić information content (AvgIpc) is 3.53. The minimum Gasteiger partial charge on any atom is -0.378 e. The highest BCUT2D eigenvalue weighted by Crippen LogP contribution is 2.31. The van der Waals surface area contributed by atoms with E-state index in [1.54, 1.807) is 30.5 Å². The Labute approximate surface area is 183 Å².